The number of rotatable bonds is 2. The highest BCUT2D eigenvalue weighted by molar-refractivity contribution is 5.88. The lowest BCUT2D eigenvalue weighted by atomic mass is 9.96. The Kier molecular flexibility index (Phi) is 3.47. The first-order valence-corrected chi connectivity index (χ1v) is 8.90. The largest absolute Gasteiger partial charge is 0.508 e. The minimum absolute atomic E-state index is 0.234. The van der Waals surface area contributed by atoms with Crippen LogP contribution >= 0.6 is 0 Å². The Morgan fingerprint density at radius 3 is 2.33 bits per heavy atom. The van der Waals surface area contributed by atoms with Crippen molar-refractivity contribution in [1.29, 1.82) is 0 Å². The van der Waals surface area contributed by atoms with Gasteiger partial charge < -0.3 is 10.2 Å². The molecule has 0 fully saturated rings. The minimum atomic E-state index is 0.234. The molecule has 3 nitrogen and oxygen atoms in total. The highest BCUT2D eigenvalue weighted by Gasteiger charge is 2.27. The first kappa shape index (κ1) is 15.6. The zero-order valence-electron chi connectivity index (χ0n) is 14.6. The van der Waals surface area contributed by atoms with E-state index in [4.69, 9.17) is 4.98 Å². The number of aromatic hydroxyl groups is 2. The van der Waals surface area contributed by atoms with Gasteiger partial charge in [0.2, 0.25) is 0 Å². The molecule has 0 spiro atoms. The summed E-state index contributed by atoms with van der Waals surface area (Å²) in [7, 11) is 0. The van der Waals surface area contributed by atoms with E-state index in [1.165, 1.54) is 0 Å². The van der Waals surface area contributed by atoms with Gasteiger partial charge in [0, 0.05) is 17.5 Å². The van der Waals surface area contributed by atoms with E-state index in [-0.39, 0.29) is 11.5 Å². The van der Waals surface area contributed by atoms with E-state index in [0.29, 0.717) is 6.42 Å². The molecule has 3 heteroatoms. The molecule has 4 aromatic rings. The Balaban J connectivity index is 1.82. The molecule has 0 saturated carbocycles. The Morgan fingerprint density at radius 2 is 1.52 bits per heavy atom. The highest BCUT2D eigenvalue weighted by Crippen LogP contribution is 2.46. The van der Waals surface area contributed by atoms with Crippen LogP contribution in [0.2, 0.25) is 0 Å². The van der Waals surface area contributed by atoms with Crippen molar-refractivity contribution in [3.63, 3.8) is 0 Å². The van der Waals surface area contributed by atoms with Crippen molar-refractivity contribution in [2.75, 3.05) is 0 Å². The summed E-state index contributed by atoms with van der Waals surface area (Å²) < 4.78 is 0. The van der Waals surface area contributed by atoms with E-state index in [0.717, 1.165) is 44.8 Å². The topological polar surface area (TPSA) is 53.4 Å². The van der Waals surface area contributed by atoms with Crippen molar-refractivity contribution >= 4 is 0 Å². The molecule has 1 heterocycles. The molecule has 0 saturated heterocycles. The molecule has 0 unspecified atom stereocenters. The molecular weight excluding hydrogens is 334 g/mol. The average Bonchev–Trinajstić information content (AvgIpc) is 3.08. The van der Waals surface area contributed by atoms with Gasteiger partial charge in [-0.15, -0.1) is 0 Å². The molecule has 0 radical (unpaired) electrons. The fourth-order valence-electron chi connectivity index (χ4n) is 3.84. The van der Waals surface area contributed by atoms with Crippen molar-refractivity contribution in [1.82, 2.24) is 4.98 Å². The highest BCUT2D eigenvalue weighted by atomic mass is 16.3. The predicted molar refractivity (Wildman–Crippen MR) is 107 cm³/mol. The van der Waals surface area contributed by atoms with E-state index in [1.807, 2.05) is 54.6 Å². The molecular formula is C24H17NO2. The van der Waals surface area contributed by atoms with E-state index in [1.54, 1.807) is 18.2 Å². The standard InChI is InChI=1S/C24H17NO2/c26-18-10-4-8-16(12-18)19-14-21(15-6-2-1-3-7-15)25-24-20(19)13-17-9-5-11-22(27)23(17)24/h1-12,14,26-27H,13H2. The maximum atomic E-state index is 10.5. The second kappa shape index (κ2) is 5.99. The predicted octanol–water partition coefficient (Wildman–Crippen LogP) is 5.40. The van der Waals surface area contributed by atoms with Crippen LogP contribution in [0.3, 0.4) is 0 Å². The quantitative estimate of drug-likeness (QED) is 0.448. The Labute approximate surface area is 157 Å². The molecule has 2 N–H and O–H groups in total. The molecule has 27 heavy (non-hydrogen) atoms. The molecule has 0 amide bonds. The zero-order valence-corrected chi connectivity index (χ0v) is 14.6. The number of aromatic nitrogens is 1. The molecule has 130 valence electrons. The Hall–Kier alpha value is -3.59. The number of hydrogen-bond acceptors (Lipinski definition) is 3. The summed E-state index contributed by atoms with van der Waals surface area (Å²) in [6.07, 6.45) is 0.714. The smallest absolute Gasteiger partial charge is 0.125 e. The third kappa shape index (κ3) is 2.56. The van der Waals surface area contributed by atoms with Gasteiger partial charge in [0.05, 0.1) is 11.4 Å². The van der Waals surface area contributed by atoms with Gasteiger partial charge in [0.25, 0.3) is 0 Å². The van der Waals surface area contributed by atoms with Crippen LogP contribution in [-0.4, -0.2) is 15.2 Å². The van der Waals surface area contributed by atoms with Crippen LogP contribution < -0.4 is 0 Å². The van der Waals surface area contributed by atoms with E-state index in [2.05, 4.69) is 6.07 Å². The van der Waals surface area contributed by atoms with Gasteiger partial charge in [-0.2, -0.15) is 0 Å². The van der Waals surface area contributed by atoms with Crippen molar-refractivity contribution in [2.24, 2.45) is 0 Å². The molecule has 1 aliphatic carbocycles. The summed E-state index contributed by atoms with van der Waals surface area (Å²) in [5.74, 6) is 0.489. The van der Waals surface area contributed by atoms with Crippen molar-refractivity contribution in [3.8, 4) is 45.1 Å². The van der Waals surface area contributed by atoms with Crippen LogP contribution in [0.25, 0.3) is 33.6 Å². The van der Waals surface area contributed by atoms with Crippen LogP contribution in [0.1, 0.15) is 11.1 Å². The first-order chi connectivity index (χ1) is 13.2. The number of phenols is 2. The van der Waals surface area contributed by atoms with Crippen LogP contribution in [0, 0.1) is 0 Å². The molecule has 1 aliphatic rings. The normalized spacial score (nSPS) is 11.9. The number of pyridine rings is 1. The van der Waals surface area contributed by atoms with Crippen molar-refractivity contribution in [2.45, 2.75) is 6.42 Å². The monoisotopic (exact) mass is 351 g/mol. The fourth-order valence-corrected chi connectivity index (χ4v) is 3.84. The Bertz CT molecular complexity index is 1170. The van der Waals surface area contributed by atoms with Crippen molar-refractivity contribution in [3.05, 3.63) is 90.0 Å². The van der Waals surface area contributed by atoms with Gasteiger partial charge in [0.15, 0.2) is 0 Å². The number of nitrogens with zero attached hydrogens (tertiary/aromatic N) is 1. The lowest BCUT2D eigenvalue weighted by Crippen LogP contribution is -1.94. The summed E-state index contributed by atoms with van der Waals surface area (Å²) >= 11 is 0. The van der Waals surface area contributed by atoms with Gasteiger partial charge in [-0.3, -0.25) is 0 Å². The summed E-state index contributed by atoms with van der Waals surface area (Å²) in [5, 5.41) is 20.4. The third-order valence-corrected chi connectivity index (χ3v) is 5.08. The van der Waals surface area contributed by atoms with Crippen LogP contribution in [0.4, 0.5) is 0 Å². The summed E-state index contributed by atoms with van der Waals surface area (Å²) in [5.41, 5.74) is 7.63. The van der Waals surface area contributed by atoms with E-state index >= 15 is 0 Å². The van der Waals surface area contributed by atoms with Crippen molar-refractivity contribution < 1.29 is 10.2 Å². The Morgan fingerprint density at radius 1 is 0.741 bits per heavy atom. The molecule has 3 aromatic carbocycles. The van der Waals surface area contributed by atoms with Crippen LogP contribution in [-0.2, 0) is 6.42 Å². The zero-order chi connectivity index (χ0) is 18.4. The second-order valence-electron chi connectivity index (χ2n) is 6.79. The van der Waals surface area contributed by atoms with E-state index < -0.39 is 0 Å². The lowest BCUT2D eigenvalue weighted by Gasteiger charge is -2.13. The van der Waals surface area contributed by atoms with Gasteiger partial charge >= 0.3 is 0 Å². The van der Waals surface area contributed by atoms with Gasteiger partial charge in [-0.05, 0) is 46.5 Å². The number of fused-ring (bicyclic) bond motifs is 3. The maximum absolute atomic E-state index is 10.5. The van der Waals surface area contributed by atoms with Crippen LogP contribution in [0.5, 0.6) is 11.5 Å². The molecule has 0 atom stereocenters. The first-order valence-electron chi connectivity index (χ1n) is 8.90. The maximum Gasteiger partial charge on any atom is 0.125 e. The summed E-state index contributed by atoms with van der Waals surface area (Å²) in [4.78, 5) is 4.91. The minimum Gasteiger partial charge on any atom is -0.508 e. The van der Waals surface area contributed by atoms with Crippen LogP contribution in [0.15, 0.2) is 78.9 Å². The fraction of sp³-hybridized carbons (Fsp3) is 0.0417. The third-order valence-electron chi connectivity index (χ3n) is 5.08. The van der Waals surface area contributed by atoms with Gasteiger partial charge in [-0.25, -0.2) is 4.98 Å². The number of hydrogen-bond donors (Lipinski definition) is 2. The average molecular weight is 351 g/mol. The molecule has 0 aliphatic heterocycles. The summed E-state index contributed by atoms with van der Waals surface area (Å²) in [6.45, 7) is 0. The molecule has 0 bridgehead atoms. The summed E-state index contributed by atoms with van der Waals surface area (Å²) in [6, 6.07) is 25.0. The lowest BCUT2D eigenvalue weighted by molar-refractivity contribution is 0.475. The second-order valence-corrected chi connectivity index (χ2v) is 6.79. The van der Waals surface area contributed by atoms with E-state index in [9.17, 15) is 10.2 Å². The number of phenolic OH excluding ortho intramolecular Hbond substituents is 2. The van der Waals surface area contributed by atoms with Gasteiger partial charge in [0.1, 0.15) is 11.5 Å². The van der Waals surface area contributed by atoms with Gasteiger partial charge in [-0.1, -0.05) is 54.6 Å². The number of benzene rings is 3. The SMILES string of the molecule is Oc1cccc(-c2cc(-c3ccccc3)nc3c2Cc2cccc(O)c2-3)c1. The molecule has 1 aromatic heterocycles. The molecule has 5 rings (SSSR count).